The van der Waals surface area contributed by atoms with Crippen molar-refractivity contribution in [1.29, 1.82) is 5.26 Å². The molecule has 92 valence electrons. The third kappa shape index (κ3) is 4.60. The lowest BCUT2D eigenvalue weighted by atomic mass is 10.1. The number of nitrogens with zero attached hydrogens (tertiary/aromatic N) is 1. The molecule has 1 rings (SSSR count). The summed E-state index contributed by atoms with van der Waals surface area (Å²) in [4.78, 5) is 11.6. The first-order valence-electron chi connectivity index (χ1n) is 5.32. The third-order valence-electron chi connectivity index (χ3n) is 1.87. The first-order chi connectivity index (χ1) is 7.92. The SMILES string of the molecule is CC(C)(C)OC(=O)NC(CC#N)c1ccco1. The lowest BCUT2D eigenvalue weighted by Gasteiger charge is -2.21. The monoisotopic (exact) mass is 236 g/mol. The molecule has 0 saturated carbocycles. The Morgan fingerprint density at radius 2 is 2.35 bits per heavy atom. The maximum atomic E-state index is 11.6. The maximum Gasteiger partial charge on any atom is 0.408 e. The van der Waals surface area contributed by atoms with Crippen LogP contribution in [0.4, 0.5) is 4.79 Å². The Morgan fingerprint density at radius 1 is 1.65 bits per heavy atom. The molecule has 0 aliphatic rings. The number of furan rings is 1. The lowest BCUT2D eigenvalue weighted by molar-refractivity contribution is 0.0498. The van der Waals surface area contributed by atoms with Gasteiger partial charge in [0.05, 0.1) is 18.8 Å². The van der Waals surface area contributed by atoms with Crippen molar-refractivity contribution >= 4 is 6.09 Å². The molecule has 0 aliphatic carbocycles. The molecule has 0 aromatic carbocycles. The van der Waals surface area contributed by atoms with Gasteiger partial charge in [-0.15, -0.1) is 0 Å². The Morgan fingerprint density at radius 3 is 2.82 bits per heavy atom. The molecule has 0 aliphatic heterocycles. The van der Waals surface area contributed by atoms with Crippen molar-refractivity contribution in [3.63, 3.8) is 0 Å². The van der Waals surface area contributed by atoms with Gasteiger partial charge in [-0.2, -0.15) is 5.26 Å². The van der Waals surface area contributed by atoms with E-state index in [1.165, 1.54) is 6.26 Å². The Labute approximate surface area is 100 Å². The Bertz CT molecular complexity index is 398. The predicted octanol–water partition coefficient (Wildman–Crippen LogP) is 2.76. The topological polar surface area (TPSA) is 75.3 Å². The Hall–Kier alpha value is -1.96. The minimum atomic E-state index is -0.565. The molecule has 0 fully saturated rings. The van der Waals surface area contributed by atoms with E-state index < -0.39 is 17.7 Å². The van der Waals surface area contributed by atoms with Gasteiger partial charge in [0.2, 0.25) is 0 Å². The zero-order chi connectivity index (χ0) is 12.9. The summed E-state index contributed by atoms with van der Waals surface area (Å²) >= 11 is 0. The third-order valence-corrected chi connectivity index (χ3v) is 1.87. The summed E-state index contributed by atoms with van der Waals surface area (Å²) in [6.45, 7) is 5.33. The van der Waals surface area contributed by atoms with Crippen LogP contribution in [0.3, 0.4) is 0 Å². The fourth-order valence-electron chi connectivity index (χ4n) is 1.25. The second kappa shape index (κ2) is 5.39. The average Bonchev–Trinajstić information content (AvgIpc) is 2.66. The van der Waals surface area contributed by atoms with E-state index in [0.29, 0.717) is 5.76 Å². The highest BCUT2D eigenvalue weighted by molar-refractivity contribution is 5.68. The number of rotatable bonds is 3. The smallest absolute Gasteiger partial charge is 0.408 e. The van der Waals surface area contributed by atoms with Gasteiger partial charge < -0.3 is 14.5 Å². The van der Waals surface area contributed by atoms with Crippen LogP contribution in [-0.2, 0) is 4.74 Å². The van der Waals surface area contributed by atoms with Gasteiger partial charge in [-0.25, -0.2) is 4.79 Å². The van der Waals surface area contributed by atoms with E-state index in [1.54, 1.807) is 32.9 Å². The average molecular weight is 236 g/mol. The van der Waals surface area contributed by atoms with Crippen LogP contribution < -0.4 is 5.32 Å². The number of amides is 1. The quantitative estimate of drug-likeness (QED) is 0.875. The molecule has 1 unspecified atom stereocenters. The molecule has 1 heterocycles. The van der Waals surface area contributed by atoms with E-state index >= 15 is 0 Å². The van der Waals surface area contributed by atoms with Crippen LogP contribution in [0.25, 0.3) is 0 Å². The highest BCUT2D eigenvalue weighted by Gasteiger charge is 2.21. The molecule has 0 bridgehead atoms. The first-order valence-corrected chi connectivity index (χ1v) is 5.32. The van der Waals surface area contributed by atoms with Gasteiger partial charge in [0.15, 0.2) is 0 Å². The lowest BCUT2D eigenvalue weighted by Crippen LogP contribution is -2.34. The van der Waals surface area contributed by atoms with Gasteiger partial charge in [0.25, 0.3) is 0 Å². The molecule has 0 radical (unpaired) electrons. The van der Waals surface area contributed by atoms with Gasteiger partial charge in [0, 0.05) is 0 Å². The second-order valence-corrected chi connectivity index (χ2v) is 4.58. The number of alkyl carbamates (subject to hydrolysis) is 1. The molecule has 5 nitrogen and oxygen atoms in total. The van der Waals surface area contributed by atoms with Crippen molar-refractivity contribution in [2.75, 3.05) is 0 Å². The molecule has 0 spiro atoms. The molecule has 1 amide bonds. The molecule has 1 aromatic rings. The number of ether oxygens (including phenoxy) is 1. The highest BCUT2D eigenvalue weighted by atomic mass is 16.6. The summed E-state index contributed by atoms with van der Waals surface area (Å²) in [6.07, 6.45) is 1.07. The highest BCUT2D eigenvalue weighted by Crippen LogP contribution is 2.17. The van der Waals surface area contributed by atoms with E-state index in [4.69, 9.17) is 14.4 Å². The minimum Gasteiger partial charge on any atom is -0.467 e. The number of hydrogen-bond donors (Lipinski definition) is 1. The summed E-state index contributed by atoms with van der Waals surface area (Å²) in [5.41, 5.74) is -0.565. The molecule has 1 atom stereocenters. The van der Waals surface area contributed by atoms with E-state index in [9.17, 15) is 4.79 Å². The van der Waals surface area contributed by atoms with Crippen molar-refractivity contribution in [2.24, 2.45) is 0 Å². The number of carbonyl (C=O) groups excluding carboxylic acids is 1. The van der Waals surface area contributed by atoms with Crippen LogP contribution in [0.1, 0.15) is 39.0 Å². The van der Waals surface area contributed by atoms with Crippen LogP contribution in [0.2, 0.25) is 0 Å². The summed E-state index contributed by atoms with van der Waals surface area (Å²) in [7, 11) is 0. The Kier molecular flexibility index (Phi) is 4.16. The molecule has 17 heavy (non-hydrogen) atoms. The van der Waals surface area contributed by atoms with Crippen molar-refractivity contribution in [1.82, 2.24) is 5.32 Å². The standard InChI is InChI=1S/C12H16N2O3/c1-12(2,3)17-11(15)14-9(6-7-13)10-5-4-8-16-10/h4-5,8-9H,6H2,1-3H3,(H,14,15). The number of carbonyl (C=O) groups is 1. The predicted molar refractivity (Wildman–Crippen MR) is 61.0 cm³/mol. The van der Waals surface area contributed by atoms with Crippen LogP contribution in [-0.4, -0.2) is 11.7 Å². The fraction of sp³-hybridized carbons (Fsp3) is 0.500. The largest absolute Gasteiger partial charge is 0.467 e. The van der Waals surface area contributed by atoms with E-state index in [0.717, 1.165) is 0 Å². The Balaban J connectivity index is 2.63. The zero-order valence-corrected chi connectivity index (χ0v) is 10.2. The molecular weight excluding hydrogens is 220 g/mol. The maximum absolute atomic E-state index is 11.6. The van der Waals surface area contributed by atoms with Gasteiger partial charge in [-0.1, -0.05) is 0 Å². The van der Waals surface area contributed by atoms with Crippen LogP contribution >= 0.6 is 0 Å². The number of nitriles is 1. The van der Waals surface area contributed by atoms with Crippen molar-refractivity contribution in [3.05, 3.63) is 24.2 Å². The molecule has 1 aromatic heterocycles. The normalized spacial score (nSPS) is 12.6. The van der Waals surface area contributed by atoms with E-state index in [1.807, 2.05) is 6.07 Å². The van der Waals surface area contributed by atoms with Crippen molar-refractivity contribution in [3.8, 4) is 6.07 Å². The van der Waals surface area contributed by atoms with Crippen LogP contribution in [0.5, 0.6) is 0 Å². The van der Waals surface area contributed by atoms with Crippen molar-refractivity contribution < 1.29 is 13.9 Å². The van der Waals surface area contributed by atoms with Crippen molar-refractivity contribution in [2.45, 2.75) is 38.8 Å². The first kappa shape index (κ1) is 13.1. The zero-order valence-electron chi connectivity index (χ0n) is 10.2. The molecule has 0 saturated heterocycles. The van der Waals surface area contributed by atoms with Crippen LogP contribution in [0, 0.1) is 11.3 Å². The number of hydrogen-bond acceptors (Lipinski definition) is 4. The van der Waals surface area contributed by atoms with Gasteiger partial charge in [0.1, 0.15) is 17.4 Å². The molecule has 1 N–H and O–H groups in total. The van der Waals surface area contributed by atoms with Gasteiger partial charge in [-0.05, 0) is 32.9 Å². The summed E-state index contributed by atoms with van der Waals surface area (Å²) in [5, 5.41) is 11.3. The number of nitrogens with one attached hydrogen (secondary N) is 1. The van der Waals surface area contributed by atoms with Crippen LogP contribution in [0.15, 0.2) is 22.8 Å². The second-order valence-electron chi connectivity index (χ2n) is 4.58. The summed E-state index contributed by atoms with van der Waals surface area (Å²) < 4.78 is 10.3. The summed E-state index contributed by atoms with van der Waals surface area (Å²) in [5.74, 6) is 0.539. The van der Waals surface area contributed by atoms with E-state index in [-0.39, 0.29) is 6.42 Å². The fourth-order valence-corrected chi connectivity index (χ4v) is 1.25. The van der Waals surface area contributed by atoms with Gasteiger partial charge >= 0.3 is 6.09 Å². The molecule has 5 heteroatoms. The van der Waals surface area contributed by atoms with E-state index in [2.05, 4.69) is 5.32 Å². The van der Waals surface area contributed by atoms with Gasteiger partial charge in [-0.3, -0.25) is 0 Å². The molecular formula is C12H16N2O3. The minimum absolute atomic E-state index is 0.132. The summed E-state index contributed by atoms with van der Waals surface area (Å²) in [6, 6.07) is 4.92.